The fourth-order valence-corrected chi connectivity index (χ4v) is 3.02. The lowest BCUT2D eigenvalue weighted by Gasteiger charge is -2.37. The Morgan fingerprint density at radius 2 is 2.22 bits per heavy atom. The van der Waals surface area contributed by atoms with Gasteiger partial charge in [0, 0.05) is 23.5 Å². The molecule has 1 fully saturated rings. The molecule has 0 saturated heterocycles. The number of pyridine rings is 1. The van der Waals surface area contributed by atoms with Crippen LogP contribution in [0, 0.1) is 5.92 Å². The van der Waals surface area contributed by atoms with Crippen LogP contribution < -0.4 is 11.1 Å². The van der Waals surface area contributed by atoms with Crippen molar-refractivity contribution in [1.29, 1.82) is 0 Å². The highest BCUT2D eigenvalue weighted by molar-refractivity contribution is 5.80. The molecule has 0 aromatic carbocycles. The van der Waals surface area contributed by atoms with Crippen molar-refractivity contribution in [2.45, 2.75) is 44.7 Å². The minimum Gasteiger partial charge on any atom is -0.347 e. The van der Waals surface area contributed by atoms with E-state index in [1.54, 1.807) is 24.5 Å². The summed E-state index contributed by atoms with van der Waals surface area (Å²) in [5.41, 5.74) is 6.63. The Kier molecular flexibility index (Phi) is 4.38. The average Bonchev–Trinajstić information content (AvgIpc) is 3.02. The number of hydrogen-bond donors (Lipinski definition) is 2. The second-order valence-corrected chi connectivity index (χ2v) is 6.27. The normalized spacial score (nSPS) is 24.3. The minimum absolute atomic E-state index is 0.0432. The lowest BCUT2D eigenvalue weighted by atomic mass is 9.74. The van der Waals surface area contributed by atoms with Crippen molar-refractivity contribution in [3.8, 4) is 11.4 Å². The zero-order chi connectivity index (χ0) is 16.3. The summed E-state index contributed by atoms with van der Waals surface area (Å²) in [6, 6.07) is 3.60. The number of nitrogens with zero attached hydrogens (tertiary/aromatic N) is 3. The number of aromatic nitrogens is 3. The Morgan fingerprint density at radius 1 is 1.43 bits per heavy atom. The second kappa shape index (κ2) is 6.45. The summed E-state index contributed by atoms with van der Waals surface area (Å²) in [5, 5.41) is 6.78. The third kappa shape index (κ3) is 3.56. The van der Waals surface area contributed by atoms with Gasteiger partial charge in [-0.1, -0.05) is 18.0 Å². The number of carbonyl (C=O) groups excluding carboxylic acids is 1. The quantitative estimate of drug-likeness (QED) is 0.888. The van der Waals surface area contributed by atoms with Gasteiger partial charge in [0.2, 0.25) is 17.6 Å². The van der Waals surface area contributed by atoms with Gasteiger partial charge >= 0.3 is 0 Å². The molecule has 122 valence electrons. The monoisotopic (exact) mass is 315 g/mol. The van der Waals surface area contributed by atoms with Crippen LogP contribution in [0.1, 0.15) is 38.5 Å². The highest BCUT2D eigenvalue weighted by Crippen LogP contribution is 2.31. The number of nitrogens with two attached hydrogens (primary N) is 1. The molecule has 1 aliphatic carbocycles. The Morgan fingerprint density at radius 3 is 2.96 bits per heavy atom. The first kappa shape index (κ1) is 15.6. The van der Waals surface area contributed by atoms with E-state index in [4.69, 9.17) is 10.3 Å². The van der Waals surface area contributed by atoms with Crippen molar-refractivity contribution in [2.75, 3.05) is 0 Å². The predicted octanol–water partition coefficient (Wildman–Crippen LogP) is 1.66. The Bertz CT molecular complexity index is 668. The third-order valence-corrected chi connectivity index (χ3v) is 4.39. The molecular weight excluding hydrogens is 294 g/mol. The molecule has 2 aromatic heterocycles. The van der Waals surface area contributed by atoms with Crippen LogP contribution in [0.2, 0.25) is 0 Å². The van der Waals surface area contributed by atoms with Gasteiger partial charge in [-0.15, -0.1) is 0 Å². The standard InChI is InChI=1S/C16H21N5O2/c1-16(17)7-3-2-4-12(16)15(22)19-10-13-20-14(21-23-13)11-5-8-18-9-6-11/h5-6,8-9,12H,2-4,7,10,17H2,1H3,(H,19,22). The molecule has 0 aliphatic heterocycles. The molecule has 3 N–H and O–H groups in total. The molecule has 0 spiro atoms. The average molecular weight is 315 g/mol. The molecule has 2 unspecified atom stereocenters. The Balaban J connectivity index is 1.60. The number of nitrogens with one attached hydrogen (secondary N) is 1. The smallest absolute Gasteiger partial charge is 0.246 e. The van der Waals surface area contributed by atoms with Crippen LogP contribution >= 0.6 is 0 Å². The maximum Gasteiger partial charge on any atom is 0.246 e. The molecule has 2 aromatic rings. The first-order valence-electron chi connectivity index (χ1n) is 7.86. The molecular formula is C16H21N5O2. The van der Waals surface area contributed by atoms with E-state index >= 15 is 0 Å². The van der Waals surface area contributed by atoms with Crippen molar-refractivity contribution in [3.63, 3.8) is 0 Å². The van der Waals surface area contributed by atoms with E-state index in [2.05, 4.69) is 20.4 Å². The fourth-order valence-electron chi connectivity index (χ4n) is 3.02. The van der Waals surface area contributed by atoms with E-state index < -0.39 is 5.54 Å². The summed E-state index contributed by atoms with van der Waals surface area (Å²) in [4.78, 5) is 20.6. The number of carbonyl (C=O) groups is 1. The van der Waals surface area contributed by atoms with Gasteiger partial charge < -0.3 is 15.6 Å². The lowest BCUT2D eigenvalue weighted by molar-refractivity contribution is -0.128. The van der Waals surface area contributed by atoms with Crippen LogP contribution in [0.5, 0.6) is 0 Å². The Hall–Kier alpha value is -2.28. The zero-order valence-corrected chi connectivity index (χ0v) is 13.2. The van der Waals surface area contributed by atoms with E-state index in [1.807, 2.05) is 6.92 Å². The van der Waals surface area contributed by atoms with Crippen molar-refractivity contribution in [1.82, 2.24) is 20.4 Å². The van der Waals surface area contributed by atoms with Crippen molar-refractivity contribution < 1.29 is 9.32 Å². The minimum atomic E-state index is -0.445. The van der Waals surface area contributed by atoms with Crippen molar-refractivity contribution in [2.24, 2.45) is 11.7 Å². The largest absolute Gasteiger partial charge is 0.347 e. The van der Waals surface area contributed by atoms with Gasteiger partial charge in [-0.05, 0) is 31.9 Å². The van der Waals surface area contributed by atoms with E-state index in [0.29, 0.717) is 11.7 Å². The zero-order valence-electron chi connectivity index (χ0n) is 13.2. The molecule has 23 heavy (non-hydrogen) atoms. The summed E-state index contributed by atoms with van der Waals surface area (Å²) >= 11 is 0. The van der Waals surface area contributed by atoms with Crippen molar-refractivity contribution >= 4 is 5.91 Å². The van der Waals surface area contributed by atoms with E-state index in [0.717, 1.165) is 31.2 Å². The second-order valence-electron chi connectivity index (χ2n) is 6.27. The number of hydrogen-bond acceptors (Lipinski definition) is 6. The molecule has 0 bridgehead atoms. The van der Waals surface area contributed by atoms with Gasteiger partial charge in [0.25, 0.3) is 0 Å². The van der Waals surface area contributed by atoms with Crippen LogP contribution in [0.3, 0.4) is 0 Å². The number of amides is 1. The molecule has 7 nitrogen and oxygen atoms in total. The summed E-state index contributed by atoms with van der Waals surface area (Å²) in [5.74, 6) is 0.648. The van der Waals surface area contributed by atoms with Gasteiger partial charge in [0.15, 0.2) is 0 Å². The summed E-state index contributed by atoms with van der Waals surface area (Å²) in [7, 11) is 0. The molecule has 1 amide bonds. The molecule has 1 saturated carbocycles. The highest BCUT2D eigenvalue weighted by Gasteiger charge is 2.37. The van der Waals surface area contributed by atoms with Gasteiger partial charge in [-0.3, -0.25) is 9.78 Å². The maximum atomic E-state index is 12.4. The van der Waals surface area contributed by atoms with Crippen LogP contribution in [0.15, 0.2) is 29.0 Å². The van der Waals surface area contributed by atoms with Gasteiger partial charge in [0.05, 0.1) is 12.5 Å². The van der Waals surface area contributed by atoms with Gasteiger partial charge in [-0.2, -0.15) is 4.98 Å². The first-order chi connectivity index (χ1) is 11.1. The molecule has 1 aliphatic rings. The van der Waals surface area contributed by atoms with Crippen LogP contribution in [0.25, 0.3) is 11.4 Å². The predicted molar refractivity (Wildman–Crippen MR) is 83.9 cm³/mol. The van der Waals surface area contributed by atoms with E-state index in [1.165, 1.54) is 0 Å². The molecule has 3 rings (SSSR count). The first-order valence-corrected chi connectivity index (χ1v) is 7.86. The summed E-state index contributed by atoms with van der Waals surface area (Å²) in [6.45, 7) is 2.16. The Labute approximate surface area is 134 Å². The number of rotatable bonds is 4. The van der Waals surface area contributed by atoms with Gasteiger partial charge in [-0.25, -0.2) is 0 Å². The van der Waals surface area contributed by atoms with Crippen molar-refractivity contribution in [3.05, 3.63) is 30.4 Å². The summed E-state index contributed by atoms with van der Waals surface area (Å²) in [6.07, 6.45) is 7.15. The molecule has 2 atom stereocenters. The SMILES string of the molecule is CC1(N)CCCCC1C(=O)NCc1nc(-c2ccncc2)no1. The van der Waals surface area contributed by atoms with Gasteiger partial charge in [0.1, 0.15) is 0 Å². The topological polar surface area (TPSA) is 107 Å². The van der Waals surface area contributed by atoms with Crippen LogP contribution in [0.4, 0.5) is 0 Å². The van der Waals surface area contributed by atoms with E-state index in [-0.39, 0.29) is 18.4 Å². The van der Waals surface area contributed by atoms with E-state index in [9.17, 15) is 4.79 Å². The van der Waals surface area contributed by atoms with Crippen LogP contribution in [-0.2, 0) is 11.3 Å². The third-order valence-electron chi connectivity index (χ3n) is 4.39. The highest BCUT2D eigenvalue weighted by atomic mass is 16.5. The summed E-state index contributed by atoms with van der Waals surface area (Å²) < 4.78 is 5.18. The fraction of sp³-hybridized carbons (Fsp3) is 0.500. The molecule has 7 heteroatoms. The lowest BCUT2D eigenvalue weighted by Crippen LogP contribution is -2.52. The maximum absolute atomic E-state index is 12.4. The molecule has 2 heterocycles. The van der Waals surface area contributed by atoms with Crippen LogP contribution in [-0.4, -0.2) is 26.6 Å². The molecule has 0 radical (unpaired) electrons.